The zero-order chi connectivity index (χ0) is 17.8. The highest BCUT2D eigenvalue weighted by molar-refractivity contribution is 5.76. The summed E-state index contributed by atoms with van der Waals surface area (Å²) in [6.07, 6.45) is 4.00. The van der Waals surface area contributed by atoms with Crippen molar-refractivity contribution in [3.63, 3.8) is 0 Å². The van der Waals surface area contributed by atoms with Crippen LogP contribution in [0.1, 0.15) is 32.1 Å². The molecule has 1 aliphatic heterocycles. The van der Waals surface area contributed by atoms with Gasteiger partial charge in [0, 0.05) is 38.2 Å². The number of likely N-dealkylation sites (tertiary alicyclic amines) is 1. The van der Waals surface area contributed by atoms with Gasteiger partial charge in [0.1, 0.15) is 0 Å². The monoisotopic (exact) mass is 345 g/mol. The molecule has 0 unspecified atom stereocenters. The normalized spacial score (nSPS) is 20.7. The molecule has 8 nitrogen and oxygen atoms in total. The van der Waals surface area contributed by atoms with E-state index in [0.29, 0.717) is 30.1 Å². The summed E-state index contributed by atoms with van der Waals surface area (Å²) in [4.78, 5) is 33.8. The van der Waals surface area contributed by atoms with Crippen molar-refractivity contribution < 1.29 is 14.0 Å². The number of likely N-dealkylation sites (N-methyl/N-ethyl adjacent to an activating group) is 1. The van der Waals surface area contributed by atoms with Gasteiger partial charge in [0.25, 0.3) is 0 Å². The van der Waals surface area contributed by atoms with Crippen LogP contribution < -0.4 is 10.6 Å². The van der Waals surface area contributed by atoms with Crippen molar-refractivity contribution in [3.05, 3.63) is 24.2 Å². The van der Waals surface area contributed by atoms with Crippen LogP contribution in [0.5, 0.6) is 0 Å². The summed E-state index contributed by atoms with van der Waals surface area (Å²) < 4.78 is 5.54. The minimum atomic E-state index is -0.0350. The first-order valence-electron chi connectivity index (χ1n) is 8.46. The van der Waals surface area contributed by atoms with E-state index in [1.54, 1.807) is 18.3 Å². The number of carbonyl (C=O) groups is 2. The summed E-state index contributed by atoms with van der Waals surface area (Å²) in [6, 6.07) is 4.04. The van der Waals surface area contributed by atoms with Gasteiger partial charge in [-0.25, -0.2) is 4.98 Å². The van der Waals surface area contributed by atoms with Crippen molar-refractivity contribution in [1.29, 1.82) is 0 Å². The third kappa shape index (κ3) is 4.33. The molecular weight excluding hydrogens is 322 g/mol. The summed E-state index contributed by atoms with van der Waals surface area (Å²) in [5, 5.41) is 5.70. The number of rotatable bonds is 6. The van der Waals surface area contributed by atoms with Gasteiger partial charge in [0.2, 0.25) is 17.7 Å². The number of pyridine rings is 1. The molecule has 2 amide bonds. The van der Waals surface area contributed by atoms with Gasteiger partial charge >= 0.3 is 0 Å². The van der Waals surface area contributed by atoms with Crippen molar-refractivity contribution in [3.8, 4) is 0 Å². The van der Waals surface area contributed by atoms with Crippen molar-refractivity contribution in [2.45, 2.75) is 44.8 Å². The van der Waals surface area contributed by atoms with E-state index in [1.807, 2.05) is 7.05 Å². The molecule has 1 fully saturated rings. The Morgan fingerprint density at radius 1 is 1.32 bits per heavy atom. The number of hydrogen-bond acceptors (Lipinski definition) is 6. The molecule has 0 radical (unpaired) electrons. The molecule has 2 N–H and O–H groups in total. The lowest BCUT2D eigenvalue weighted by Crippen LogP contribution is -2.41. The second-order valence-corrected chi connectivity index (χ2v) is 6.40. The first kappa shape index (κ1) is 17.3. The number of nitrogens with one attached hydrogen (secondary N) is 2. The zero-order valence-corrected chi connectivity index (χ0v) is 14.5. The topological polar surface area (TPSA) is 100 Å². The molecule has 25 heavy (non-hydrogen) atoms. The maximum absolute atomic E-state index is 12.2. The van der Waals surface area contributed by atoms with Crippen LogP contribution in [0.2, 0.25) is 0 Å². The fraction of sp³-hybridized carbons (Fsp3) is 0.529. The number of aromatic nitrogens is 2. The maximum Gasteiger partial charge on any atom is 0.222 e. The van der Waals surface area contributed by atoms with E-state index in [2.05, 4.69) is 25.5 Å². The van der Waals surface area contributed by atoms with Gasteiger partial charge in [-0.2, -0.15) is 4.98 Å². The summed E-state index contributed by atoms with van der Waals surface area (Å²) in [7, 11) is 2.00. The Bertz CT molecular complexity index is 727. The Hall–Kier alpha value is -2.48. The molecule has 3 rings (SSSR count). The summed E-state index contributed by atoms with van der Waals surface area (Å²) in [5.41, 5.74) is 1.16. The highest BCUT2D eigenvalue weighted by Crippen LogP contribution is 2.24. The molecule has 1 saturated heterocycles. The average Bonchev–Trinajstić information content (AvgIpc) is 3.15. The van der Waals surface area contributed by atoms with Gasteiger partial charge in [-0.3, -0.25) is 14.5 Å². The van der Waals surface area contributed by atoms with Gasteiger partial charge in [0.15, 0.2) is 11.2 Å². The SMILES string of the molecule is CC(=O)NC[C@H]1CC[C@@H](CC(=O)NCc2nc3ncccc3o2)N1C. The van der Waals surface area contributed by atoms with Crippen molar-refractivity contribution in [2.24, 2.45) is 0 Å². The van der Waals surface area contributed by atoms with Crippen LogP contribution in [0, 0.1) is 0 Å². The van der Waals surface area contributed by atoms with E-state index in [9.17, 15) is 9.59 Å². The third-order valence-electron chi connectivity index (χ3n) is 4.64. The first-order valence-corrected chi connectivity index (χ1v) is 8.46. The zero-order valence-electron chi connectivity index (χ0n) is 14.5. The lowest BCUT2D eigenvalue weighted by molar-refractivity contribution is -0.122. The first-order chi connectivity index (χ1) is 12.0. The Balaban J connectivity index is 1.47. The molecule has 8 heteroatoms. The third-order valence-corrected chi connectivity index (χ3v) is 4.64. The van der Waals surface area contributed by atoms with Crippen LogP contribution in [0.15, 0.2) is 22.7 Å². The van der Waals surface area contributed by atoms with E-state index in [1.165, 1.54) is 6.92 Å². The smallest absolute Gasteiger partial charge is 0.222 e. The number of nitrogens with zero attached hydrogens (tertiary/aromatic N) is 3. The molecule has 0 bridgehead atoms. The Kier molecular flexibility index (Phi) is 5.28. The van der Waals surface area contributed by atoms with Gasteiger partial charge < -0.3 is 15.1 Å². The molecule has 0 spiro atoms. The number of oxazole rings is 1. The number of carbonyl (C=O) groups excluding carboxylic acids is 2. The van der Waals surface area contributed by atoms with E-state index >= 15 is 0 Å². The average molecular weight is 345 g/mol. The van der Waals surface area contributed by atoms with Crippen molar-refractivity contribution >= 4 is 23.0 Å². The van der Waals surface area contributed by atoms with Crippen LogP contribution in [0.25, 0.3) is 11.2 Å². The fourth-order valence-electron chi connectivity index (χ4n) is 3.19. The van der Waals surface area contributed by atoms with Crippen molar-refractivity contribution in [1.82, 2.24) is 25.5 Å². The predicted octanol–water partition coefficient (Wildman–Crippen LogP) is 0.828. The lowest BCUT2D eigenvalue weighted by Gasteiger charge is -2.25. The molecule has 2 aromatic heterocycles. The number of amides is 2. The highest BCUT2D eigenvalue weighted by Gasteiger charge is 2.31. The molecule has 1 aliphatic rings. The molecule has 134 valence electrons. The quantitative estimate of drug-likeness (QED) is 0.804. The molecule has 3 heterocycles. The summed E-state index contributed by atoms with van der Waals surface area (Å²) in [6.45, 7) is 2.39. The van der Waals surface area contributed by atoms with Crippen LogP contribution in [0.3, 0.4) is 0 Å². The van der Waals surface area contributed by atoms with E-state index < -0.39 is 0 Å². The molecule has 0 saturated carbocycles. The highest BCUT2D eigenvalue weighted by atomic mass is 16.3. The Morgan fingerprint density at radius 2 is 2.12 bits per heavy atom. The van der Waals surface area contributed by atoms with Gasteiger partial charge in [-0.05, 0) is 32.0 Å². The van der Waals surface area contributed by atoms with Crippen LogP contribution >= 0.6 is 0 Å². The number of hydrogen-bond donors (Lipinski definition) is 2. The molecule has 2 aromatic rings. The van der Waals surface area contributed by atoms with E-state index in [-0.39, 0.29) is 30.4 Å². The van der Waals surface area contributed by atoms with E-state index in [0.717, 1.165) is 12.8 Å². The summed E-state index contributed by atoms with van der Waals surface area (Å²) in [5.74, 6) is 0.389. The van der Waals surface area contributed by atoms with Crippen LogP contribution in [0.4, 0.5) is 0 Å². The minimum Gasteiger partial charge on any atom is -0.437 e. The molecule has 0 aromatic carbocycles. The molecule has 2 atom stereocenters. The summed E-state index contributed by atoms with van der Waals surface area (Å²) >= 11 is 0. The van der Waals surface area contributed by atoms with Gasteiger partial charge in [0.05, 0.1) is 6.54 Å². The van der Waals surface area contributed by atoms with Gasteiger partial charge in [-0.1, -0.05) is 0 Å². The standard InChI is InChI=1S/C17H23N5O3/c1-11(23)19-9-13-6-5-12(22(13)2)8-15(24)20-10-16-21-17-14(25-16)4-3-7-18-17/h3-4,7,12-13H,5-6,8-10H2,1-2H3,(H,19,23)(H,20,24)/t12-,13+/m0/s1. The maximum atomic E-state index is 12.2. The van der Waals surface area contributed by atoms with Gasteiger partial charge in [-0.15, -0.1) is 0 Å². The fourth-order valence-corrected chi connectivity index (χ4v) is 3.19. The van der Waals surface area contributed by atoms with E-state index in [4.69, 9.17) is 4.42 Å². The largest absolute Gasteiger partial charge is 0.437 e. The Morgan fingerprint density at radius 3 is 2.88 bits per heavy atom. The van der Waals surface area contributed by atoms with Crippen molar-refractivity contribution in [2.75, 3.05) is 13.6 Å². The molecule has 0 aliphatic carbocycles. The lowest BCUT2D eigenvalue weighted by atomic mass is 10.1. The second kappa shape index (κ2) is 7.60. The number of fused-ring (bicyclic) bond motifs is 1. The predicted molar refractivity (Wildman–Crippen MR) is 91.5 cm³/mol. The van der Waals surface area contributed by atoms with Crippen LogP contribution in [-0.2, 0) is 16.1 Å². The molecular formula is C17H23N5O3. The Labute approximate surface area is 146 Å². The van der Waals surface area contributed by atoms with Crippen LogP contribution in [-0.4, -0.2) is 52.4 Å². The minimum absolute atomic E-state index is 0.0255. The second-order valence-electron chi connectivity index (χ2n) is 6.40.